The maximum atomic E-state index is 13.8. The number of carboxylic acids is 1. The second kappa shape index (κ2) is 22.8. The van der Waals surface area contributed by atoms with Gasteiger partial charge in [-0.1, -0.05) is 106 Å². The van der Waals surface area contributed by atoms with Crippen LogP contribution in [-0.2, 0) is 35.2 Å². The number of amides is 5. The van der Waals surface area contributed by atoms with E-state index in [1.807, 2.05) is 65.0 Å². The second-order valence-electron chi connectivity index (χ2n) is 15.5. The number of hydrogen-bond donors (Lipinski definition) is 7. The van der Waals surface area contributed by atoms with Gasteiger partial charge in [-0.25, -0.2) is 4.79 Å². The molecule has 0 aliphatic carbocycles. The molecule has 13 heteroatoms. The molecule has 0 spiro atoms. The molecule has 0 aliphatic heterocycles. The summed E-state index contributed by atoms with van der Waals surface area (Å²) < 4.78 is 0. The first-order valence-electron chi connectivity index (χ1n) is 18.7. The lowest BCUT2D eigenvalue weighted by molar-refractivity contribution is -0.143. The lowest BCUT2D eigenvalue weighted by Gasteiger charge is -2.30. The van der Waals surface area contributed by atoms with Gasteiger partial charge >= 0.3 is 5.97 Å². The zero-order valence-electron chi connectivity index (χ0n) is 32.8. The lowest BCUT2D eigenvalue weighted by atomic mass is 9.95. The summed E-state index contributed by atoms with van der Waals surface area (Å²) in [6, 6.07) is 4.47. The lowest BCUT2D eigenvalue weighted by Crippen LogP contribution is -2.58. The molecule has 0 bridgehead atoms. The highest BCUT2D eigenvalue weighted by Crippen LogP contribution is 2.15. The molecule has 294 valence electrons. The number of aliphatic hydroxyl groups excluding tert-OH is 1. The molecule has 0 aromatic heterocycles. The number of aliphatic carboxylic acids is 1. The predicted molar refractivity (Wildman–Crippen MR) is 201 cm³/mol. The molecular weight excluding hydrogens is 666 g/mol. The van der Waals surface area contributed by atoms with E-state index in [0.717, 1.165) is 5.56 Å². The van der Waals surface area contributed by atoms with Crippen molar-refractivity contribution in [2.24, 2.45) is 29.6 Å². The van der Waals surface area contributed by atoms with Gasteiger partial charge in [0.05, 0.1) is 12.1 Å². The molecule has 0 saturated carbocycles. The van der Waals surface area contributed by atoms with Crippen molar-refractivity contribution in [1.29, 1.82) is 0 Å². The van der Waals surface area contributed by atoms with Crippen LogP contribution in [0.2, 0.25) is 0 Å². The van der Waals surface area contributed by atoms with Crippen molar-refractivity contribution >= 4 is 35.5 Å². The largest absolute Gasteiger partial charge is 0.480 e. The first-order valence-corrected chi connectivity index (χ1v) is 18.7. The van der Waals surface area contributed by atoms with Gasteiger partial charge in [-0.15, -0.1) is 0 Å². The Hall–Kier alpha value is -4.00. The number of aliphatic hydroxyl groups is 1. The Morgan fingerprint density at radius 3 is 1.71 bits per heavy atom. The predicted octanol–water partition coefficient (Wildman–Crippen LogP) is 3.33. The Bertz CT molecular complexity index is 1300. The number of nitrogens with one attached hydrogen (secondary N) is 5. The van der Waals surface area contributed by atoms with Crippen molar-refractivity contribution in [3.63, 3.8) is 0 Å². The van der Waals surface area contributed by atoms with Gasteiger partial charge < -0.3 is 36.8 Å². The first-order chi connectivity index (χ1) is 24.3. The molecule has 0 radical (unpaired) electrons. The fraction of sp³-hybridized carbons (Fsp3) is 0.692. The number of carboxylic acid groups (broad SMARTS) is 1. The molecule has 7 N–H and O–H groups in total. The van der Waals surface area contributed by atoms with Crippen LogP contribution in [0, 0.1) is 29.6 Å². The number of benzene rings is 1. The van der Waals surface area contributed by atoms with E-state index in [1.165, 1.54) is 0 Å². The van der Waals surface area contributed by atoms with E-state index in [2.05, 4.69) is 26.6 Å². The van der Waals surface area contributed by atoms with Crippen molar-refractivity contribution in [3.8, 4) is 0 Å². The van der Waals surface area contributed by atoms with Crippen LogP contribution in [0.4, 0.5) is 0 Å². The SMILES string of the molecule is CC[C@H](C)[C@H](NC(=O)CC[C@H](O)[C@H](Cc1ccccc1)NC(=O)C(NC(=O)C(CC(C)C)NC(=O)CC(C)C)C(C)C)C(=O)NC(C(=O)O)C(C)C. The van der Waals surface area contributed by atoms with E-state index < -0.39 is 65.9 Å². The first kappa shape index (κ1) is 46.0. The van der Waals surface area contributed by atoms with Crippen molar-refractivity contribution in [3.05, 3.63) is 35.9 Å². The number of carbonyl (C=O) groups excluding carboxylic acids is 5. The van der Waals surface area contributed by atoms with Gasteiger partial charge in [-0.2, -0.15) is 0 Å². The van der Waals surface area contributed by atoms with E-state index in [1.54, 1.807) is 34.6 Å². The van der Waals surface area contributed by atoms with Crippen LogP contribution >= 0.6 is 0 Å². The summed E-state index contributed by atoms with van der Waals surface area (Å²) in [7, 11) is 0. The minimum atomic E-state index is -1.18. The standard InChI is InChI=1S/C39H65N5O8/c1-11-26(10)35(38(50)44-34(25(8)9)39(51)52)42-31(46)18-17-30(45)28(21-27-15-13-12-14-16-27)41-37(49)33(24(6)7)43-36(48)29(19-22(2)3)40-32(47)20-23(4)5/h12-16,22-26,28-30,33-35,45H,11,17-21H2,1-10H3,(H,40,47)(H,41,49)(H,42,46)(H,43,48)(H,44,50)(H,51,52)/t26-,28-,29?,30-,33?,34?,35-/m0/s1. The Balaban J connectivity index is 3.16. The van der Waals surface area contributed by atoms with Crippen LogP contribution in [0.25, 0.3) is 0 Å². The summed E-state index contributed by atoms with van der Waals surface area (Å²) in [6.45, 7) is 18.3. The maximum absolute atomic E-state index is 13.8. The van der Waals surface area contributed by atoms with Gasteiger partial charge in [0.15, 0.2) is 0 Å². The molecule has 1 aromatic rings. The van der Waals surface area contributed by atoms with Crippen LogP contribution in [0.3, 0.4) is 0 Å². The van der Waals surface area contributed by atoms with E-state index in [4.69, 9.17) is 0 Å². The van der Waals surface area contributed by atoms with Crippen LogP contribution in [-0.4, -0.2) is 82.0 Å². The summed E-state index contributed by atoms with van der Waals surface area (Å²) in [5, 5.41) is 34.7. The quantitative estimate of drug-likeness (QED) is 0.0888. The van der Waals surface area contributed by atoms with Gasteiger partial charge in [-0.05, 0) is 54.4 Å². The highest BCUT2D eigenvalue weighted by molar-refractivity contribution is 5.92. The maximum Gasteiger partial charge on any atom is 0.326 e. The smallest absolute Gasteiger partial charge is 0.326 e. The zero-order valence-corrected chi connectivity index (χ0v) is 32.8. The molecule has 1 rings (SSSR count). The Morgan fingerprint density at radius 1 is 0.654 bits per heavy atom. The third-order valence-corrected chi connectivity index (χ3v) is 9.00. The van der Waals surface area contributed by atoms with Crippen LogP contribution < -0.4 is 26.6 Å². The molecule has 0 saturated heterocycles. The highest BCUT2D eigenvalue weighted by atomic mass is 16.4. The van der Waals surface area contributed by atoms with Crippen LogP contribution in [0.1, 0.15) is 107 Å². The van der Waals surface area contributed by atoms with Crippen molar-refractivity contribution < 1.29 is 39.0 Å². The molecule has 7 atom stereocenters. The monoisotopic (exact) mass is 731 g/mol. The fourth-order valence-electron chi connectivity index (χ4n) is 5.72. The molecule has 52 heavy (non-hydrogen) atoms. The van der Waals surface area contributed by atoms with E-state index in [-0.39, 0.29) is 61.2 Å². The summed E-state index contributed by atoms with van der Waals surface area (Å²) in [6.07, 6.45) is 0.0149. The Labute approximate surface area is 310 Å². The normalized spacial score (nSPS) is 15.6. The third kappa shape index (κ3) is 16.6. The fourth-order valence-corrected chi connectivity index (χ4v) is 5.72. The molecule has 0 heterocycles. The van der Waals surface area contributed by atoms with Crippen LogP contribution in [0.5, 0.6) is 0 Å². The van der Waals surface area contributed by atoms with Crippen LogP contribution in [0.15, 0.2) is 30.3 Å². The molecule has 0 aliphatic rings. The topological polar surface area (TPSA) is 203 Å². The van der Waals surface area contributed by atoms with Gasteiger partial charge in [0.25, 0.3) is 0 Å². The number of rotatable bonds is 23. The Morgan fingerprint density at radius 2 is 1.21 bits per heavy atom. The Kier molecular flexibility index (Phi) is 20.2. The summed E-state index contributed by atoms with van der Waals surface area (Å²) >= 11 is 0. The van der Waals surface area contributed by atoms with E-state index in [0.29, 0.717) is 12.8 Å². The molecule has 5 amide bonds. The van der Waals surface area contributed by atoms with Gasteiger partial charge in [-0.3, -0.25) is 24.0 Å². The number of carbonyl (C=O) groups is 6. The van der Waals surface area contributed by atoms with Gasteiger partial charge in [0, 0.05) is 12.8 Å². The van der Waals surface area contributed by atoms with Crippen molar-refractivity contribution in [1.82, 2.24) is 26.6 Å². The molecular formula is C39H65N5O8. The summed E-state index contributed by atoms with van der Waals surface area (Å²) in [4.78, 5) is 77.8. The third-order valence-electron chi connectivity index (χ3n) is 9.00. The average molecular weight is 732 g/mol. The average Bonchev–Trinajstić information content (AvgIpc) is 3.05. The molecule has 0 fully saturated rings. The minimum Gasteiger partial charge on any atom is -0.480 e. The molecule has 1 aromatic carbocycles. The van der Waals surface area contributed by atoms with Gasteiger partial charge in [0.1, 0.15) is 24.2 Å². The molecule has 13 nitrogen and oxygen atoms in total. The minimum absolute atomic E-state index is 0.0563. The van der Waals surface area contributed by atoms with E-state index in [9.17, 15) is 39.0 Å². The highest BCUT2D eigenvalue weighted by Gasteiger charge is 2.34. The summed E-state index contributed by atoms with van der Waals surface area (Å²) in [5.41, 5.74) is 0.831. The summed E-state index contributed by atoms with van der Waals surface area (Å²) in [5.74, 6) is -4.32. The number of hydrogen-bond acceptors (Lipinski definition) is 7. The van der Waals surface area contributed by atoms with Crippen molar-refractivity contribution in [2.45, 2.75) is 144 Å². The zero-order chi connectivity index (χ0) is 39.7. The molecule has 3 unspecified atom stereocenters. The second-order valence-corrected chi connectivity index (χ2v) is 15.5. The van der Waals surface area contributed by atoms with Gasteiger partial charge in [0.2, 0.25) is 29.5 Å². The van der Waals surface area contributed by atoms with Crippen molar-refractivity contribution in [2.75, 3.05) is 0 Å². The van der Waals surface area contributed by atoms with E-state index >= 15 is 0 Å².